The summed E-state index contributed by atoms with van der Waals surface area (Å²) >= 11 is 0. The minimum Gasteiger partial charge on any atom is -0.756 e. The van der Waals surface area contributed by atoms with E-state index >= 15 is 0 Å². The van der Waals surface area contributed by atoms with Crippen LogP contribution in [0.4, 0.5) is 0 Å². The first-order valence-corrected chi connectivity index (χ1v) is 39.3. The highest BCUT2D eigenvalue weighted by Gasteiger charge is 2.22. The second kappa shape index (κ2) is 68.3. The fourth-order valence-corrected chi connectivity index (χ4v) is 12.1. The van der Waals surface area contributed by atoms with Gasteiger partial charge in [0.1, 0.15) is 19.8 Å². The van der Waals surface area contributed by atoms with Crippen molar-refractivity contribution in [2.75, 3.05) is 47.5 Å². The van der Waals surface area contributed by atoms with Crippen LogP contribution in [0.15, 0.2) is 48.6 Å². The van der Waals surface area contributed by atoms with Crippen LogP contribution in [-0.4, -0.2) is 70.0 Å². The molecule has 0 aromatic carbocycles. The molecule has 2 atom stereocenters. The Labute approximate surface area is 541 Å². The van der Waals surface area contributed by atoms with Crippen molar-refractivity contribution in [1.29, 1.82) is 0 Å². The highest BCUT2D eigenvalue weighted by atomic mass is 31.2. The lowest BCUT2D eigenvalue weighted by atomic mass is 10.0. The highest BCUT2D eigenvalue weighted by molar-refractivity contribution is 7.45. The van der Waals surface area contributed by atoms with Crippen LogP contribution in [0, 0.1) is 0 Å². The zero-order valence-electron chi connectivity index (χ0n) is 58.5. The molecule has 512 valence electrons. The number of allylic oxidation sites excluding steroid dienone is 8. The van der Waals surface area contributed by atoms with Crippen molar-refractivity contribution in [1.82, 2.24) is 0 Å². The second-order valence-electron chi connectivity index (χ2n) is 27.0. The first-order chi connectivity index (χ1) is 42.5. The van der Waals surface area contributed by atoms with Crippen LogP contribution >= 0.6 is 7.82 Å². The van der Waals surface area contributed by atoms with Crippen LogP contribution in [0.2, 0.25) is 0 Å². The third-order valence-electron chi connectivity index (χ3n) is 17.1. The Kier molecular flexibility index (Phi) is 66.7. The van der Waals surface area contributed by atoms with Gasteiger partial charge in [-0.2, -0.15) is 0 Å². The molecule has 0 aliphatic heterocycles. The Balaban J connectivity index is 3.94. The van der Waals surface area contributed by atoms with Crippen molar-refractivity contribution in [2.45, 2.75) is 386 Å². The van der Waals surface area contributed by atoms with Gasteiger partial charge in [-0.1, -0.05) is 364 Å². The summed E-state index contributed by atoms with van der Waals surface area (Å²) in [7, 11) is 1.19. The van der Waals surface area contributed by atoms with Gasteiger partial charge in [0.2, 0.25) is 0 Å². The third-order valence-corrected chi connectivity index (χ3v) is 18.1. The maximum absolute atomic E-state index is 12.9. The van der Waals surface area contributed by atoms with Gasteiger partial charge in [-0.15, -0.1) is 0 Å². The number of esters is 2. The predicted molar refractivity (Wildman–Crippen MR) is 374 cm³/mol. The van der Waals surface area contributed by atoms with Gasteiger partial charge >= 0.3 is 11.9 Å². The van der Waals surface area contributed by atoms with Crippen LogP contribution in [0.1, 0.15) is 380 Å². The van der Waals surface area contributed by atoms with Crippen LogP contribution in [0.25, 0.3) is 0 Å². The van der Waals surface area contributed by atoms with E-state index in [1.165, 1.54) is 289 Å². The van der Waals surface area contributed by atoms with Gasteiger partial charge < -0.3 is 27.9 Å². The molecule has 0 aromatic rings. The van der Waals surface area contributed by atoms with E-state index in [0.29, 0.717) is 17.4 Å². The van der Waals surface area contributed by atoms with E-state index in [1.54, 1.807) is 0 Å². The van der Waals surface area contributed by atoms with Gasteiger partial charge in [0.15, 0.2) is 6.10 Å². The van der Waals surface area contributed by atoms with Crippen LogP contribution in [0.3, 0.4) is 0 Å². The number of unbranched alkanes of at least 4 members (excludes halogenated alkanes) is 49. The largest absolute Gasteiger partial charge is 0.756 e. The Morgan fingerprint density at radius 2 is 0.655 bits per heavy atom. The monoisotopic (exact) mass is 1240 g/mol. The van der Waals surface area contributed by atoms with Gasteiger partial charge in [0, 0.05) is 12.8 Å². The van der Waals surface area contributed by atoms with Crippen LogP contribution in [-0.2, 0) is 32.7 Å². The SMILES string of the molecule is CC/C=C\C/C=C\C/C=C\C/C=C\CCCCCCCCCCCCCCCCCCCCCCC(=O)OC(COC(=O)CCCCCCCCCCCCCCCCCCCCCCCCCCCCCCCC)COP(=O)([O-])OCC[N+](C)(C)C. The number of quaternary nitrogens is 1. The van der Waals surface area contributed by atoms with Gasteiger partial charge in [0.05, 0.1) is 27.7 Å². The molecule has 0 saturated heterocycles. The number of ether oxygens (including phenoxy) is 2. The van der Waals surface area contributed by atoms with E-state index in [9.17, 15) is 19.0 Å². The number of nitrogens with zero attached hydrogens (tertiary/aromatic N) is 1. The fourth-order valence-electron chi connectivity index (χ4n) is 11.4. The lowest BCUT2D eigenvalue weighted by molar-refractivity contribution is -0.870. The van der Waals surface area contributed by atoms with Crippen molar-refractivity contribution >= 4 is 19.8 Å². The number of carbonyl (C=O) groups is 2. The van der Waals surface area contributed by atoms with E-state index < -0.39 is 26.5 Å². The molecule has 0 spiro atoms. The number of phosphoric ester groups is 1. The molecule has 9 nitrogen and oxygen atoms in total. The Bertz CT molecular complexity index is 1610. The van der Waals surface area contributed by atoms with Crippen molar-refractivity contribution < 1.29 is 42.1 Å². The van der Waals surface area contributed by atoms with Gasteiger partial charge in [-0.05, 0) is 51.4 Å². The summed E-state index contributed by atoms with van der Waals surface area (Å²) in [5.74, 6) is -0.809. The minimum absolute atomic E-state index is 0.0278. The summed E-state index contributed by atoms with van der Waals surface area (Å²) in [6.07, 6.45) is 89.4. The molecule has 0 aliphatic rings. The molecule has 0 aliphatic carbocycles. The zero-order chi connectivity index (χ0) is 63.4. The summed E-state index contributed by atoms with van der Waals surface area (Å²) in [4.78, 5) is 38.1. The van der Waals surface area contributed by atoms with Gasteiger partial charge in [-0.25, -0.2) is 0 Å². The average molecular weight is 1240 g/mol. The first-order valence-electron chi connectivity index (χ1n) is 37.8. The molecule has 0 amide bonds. The van der Waals surface area contributed by atoms with Crippen molar-refractivity contribution in [2.24, 2.45) is 0 Å². The zero-order valence-corrected chi connectivity index (χ0v) is 59.4. The lowest BCUT2D eigenvalue weighted by Gasteiger charge is -2.28. The number of hydrogen-bond donors (Lipinski definition) is 0. The second-order valence-corrected chi connectivity index (χ2v) is 28.4. The lowest BCUT2D eigenvalue weighted by Crippen LogP contribution is -2.37. The standard InChI is InChI=1S/C77H146NO8P/c1-6-8-10-12-14-16-18-20-22-24-26-28-30-32-34-36-38-39-40-42-44-46-48-50-52-54-56-58-60-62-64-66-68-70-77(80)86-75(74-85-87(81,82)84-72-71-78(3,4)5)73-83-76(79)69-67-65-63-61-59-57-55-53-51-49-47-45-43-41-37-35-33-31-29-27-25-23-21-19-17-15-13-11-9-7-2/h8,10,14,16,20,22,26,28,75H,6-7,9,11-13,15,17-19,21,23-25,27,29-74H2,1-5H3/b10-8-,16-14-,22-20-,28-26-. The smallest absolute Gasteiger partial charge is 0.306 e. The van der Waals surface area contributed by atoms with E-state index in [1.807, 2.05) is 21.1 Å². The number of likely N-dealkylation sites (N-methyl/N-ethyl adjacent to an activating group) is 1. The molecule has 10 heteroatoms. The highest BCUT2D eigenvalue weighted by Crippen LogP contribution is 2.38. The molecule has 0 bridgehead atoms. The predicted octanol–water partition coefficient (Wildman–Crippen LogP) is 24.1. The van der Waals surface area contributed by atoms with Gasteiger partial charge in [0.25, 0.3) is 7.82 Å². The van der Waals surface area contributed by atoms with Crippen molar-refractivity contribution in [3.05, 3.63) is 48.6 Å². The third kappa shape index (κ3) is 72.9. The Morgan fingerprint density at radius 1 is 0.368 bits per heavy atom. The molecular formula is C77H146NO8P. The van der Waals surface area contributed by atoms with Crippen LogP contribution in [0.5, 0.6) is 0 Å². The number of hydrogen-bond acceptors (Lipinski definition) is 8. The maximum Gasteiger partial charge on any atom is 0.306 e. The molecule has 0 aromatic heterocycles. The number of rotatable bonds is 71. The summed E-state index contributed by atoms with van der Waals surface area (Å²) in [6, 6.07) is 0. The fraction of sp³-hybridized carbons (Fsp3) is 0.870. The molecule has 0 radical (unpaired) electrons. The van der Waals surface area contributed by atoms with Crippen molar-refractivity contribution in [3.8, 4) is 0 Å². The maximum atomic E-state index is 12.9. The summed E-state index contributed by atoms with van der Waals surface area (Å²) < 4.78 is 34.4. The molecule has 0 saturated carbocycles. The minimum atomic E-state index is -4.64. The molecule has 0 N–H and O–H groups in total. The summed E-state index contributed by atoms with van der Waals surface area (Å²) in [5.41, 5.74) is 0. The summed E-state index contributed by atoms with van der Waals surface area (Å²) in [5, 5.41) is 0. The molecule has 2 unspecified atom stereocenters. The molecule has 0 fully saturated rings. The molecule has 0 rings (SSSR count). The quantitative estimate of drug-likeness (QED) is 0.0195. The van der Waals surface area contributed by atoms with E-state index in [2.05, 4.69) is 62.5 Å². The number of carbonyl (C=O) groups excluding carboxylic acids is 2. The molecule has 87 heavy (non-hydrogen) atoms. The normalized spacial score (nSPS) is 13.3. The van der Waals surface area contributed by atoms with Crippen molar-refractivity contribution in [3.63, 3.8) is 0 Å². The molecular weight excluding hydrogens is 1100 g/mol. The molecule has 0 heterocycles. The topological polar surface area (TPSA) is 111 Å². The average Bonchev–Trinajstić information content (AvgIpc) is 3.50. The Morgan fingerprint density at radius 3 is 0.977 bits per heavy atom. The Hall–Kier alpha value is -2.03. The number of phosphoric acid groups is 1. The van der Waals surface area contributed by atoms with E-state index in [0.717, 1.165) is 57.8 Å². The van der Waals surface area contributed by atoms with E-state index in [4.69, 9.17) is 18.5 Å². The van der Waals surface area contributed by atoms with Gasteiger partial charge in [-0.3, -0.25) is 14.2 Å². The van der Waals surface area contributed by atoms with Crippen LogP contribution < -0.4 is 4.89 Å². The summed E-state index contributed by atoms with van der Waals surface area (Å²) in [6.45, 7) is 4.21. The first kappa shape index (κ1) is 85.0. The van der Waals surface area contributed by atoms with E-state index in [-0.39, 0.29) is 32.0 Å².